The van der Waals surface area contributed by atoms with Gasteiger partial charge in [0.15, 0.2) is 0 Å². The van der Waals surface area contributed by atoms with Crippen LogP contribution in [0.5, 0.6) is 0 Å². The van der Waals surface area contributed by atoms with Gasteiger partial charge < -0.3 is 61.6 Å². The summed E-state index contributed by atoms with van der Waals surface area (Å²) in [6, 6.07) is 0. The Hall–Kier alpha value is -1.50. The first-order valence-corrected chi connectivity index (χ1v) is 20.9. The van der Waals surface area contributed by atoms with Gasteiger partial charge in [-0.05, 0) is 12.8 Å². The summed E-state index contributed by atoms with van der Waals surface area (Å²) in [4.78, 5) is 23.2. The van der Waals surface area contributed by atoms with E-state index in [1.54, 1.807) is 0 Å². The highest BCUT2D eigenvalue weighted by molar-refractivity contribution is 5.69. The van der Waals surface area contributed by atoms with Crippen LogP contribution in [0.25, 0.3) is 0 Å². The molecule has 0 aromatic heterocycles. The first-order chi connectivity index (χ1) is 27.2. The second kappa shape index (κ2) is 48.6. The quantitative estimate of drug-likeness (QED) is 0.0601. The van der Waals surface area contributed by atoms with Crippen LogP contribution in [-0.2, 0) is 71.2 Å². The average molecular weight is 799 g/mol. The Balaban J connectivity index is 3.12. The lowest BCUT2D eigenvalue weighted by atomic mass is 10.1. The van der Waals surface area contributed by atoms with Crippen LogP contribution < -0.4 is 0 Å². The first-order valence-electron chi connectivity index (χ1n) is 20.9. The van der Waals surface area contributed by atoms with Crippen LogP contribution in [0.4, 0.5) is 0 Å². The van der Waals surface area contributed by atoms with Crippen molar-refractivity contribution in [3.63, 3.8) is 0 Å². The molecule has 0 amide bonds. The number of carbonyl (C=O) groups excluding carboxylic acids is 2. The lowest BCUT2D eigenvalue weighted by Crippen LogP contribution is -2.16. The lowest BCUT2D eigenvalue weighted by molar-refractivity contribution is -0.146. The molecule has 15 heteroatoms. The summed E-state index contributed by atoms with van der Waals surface area (Å²) >= 11 is 0. The summed E-state index contributed by atoms with van der Waals surface area (Å²) in [5.41, 5.74) is 0. The topological polar surface area (TPSA) is 154 Å². The standard InChI is InChI=1S/C40H78O15/c1-3-5-7-8-9-10-12-14-40(42)55-38-36-53-34-32-51-30-28-49-26-24-47-22-20-45-18-16-43-15-17-44-19-21-46-23-25-48-27-29-50-31-33-52-35-37-54-39(41)13-11-6-4-2/h3-38H2,1-2H3. The zero-order chi connectivity index (χ0) is 39.8. The second-order valence-electron chi connectivity index (χ2n) is 12.5. The van der Waals surface area contributed by atoms with Crippen molar-refractivity contribution in [2.24, 2.45) is 0 Å². The van der Waals surface area contributed by atoms with Crippen molar-refractivity contribution < 1.29 is 71.2 Å². The molecule has 0 aliphatic heterocycles. The van der Waals surface area contributed by atoms with Crippen molar-refractivity contribution in [2.45, 2.75) is 90.9 Å². The Bertz CT molecular complexity index is 762. The van der Waals surface area contributed by atoms with Gasteiger partial charge in [-0.1, -0.05) is 65.2 Å². The molecule has 328 valence electrons. The van der Waals surface area contributed by atoms with Crippen LogP contribution in [0.3, 0.4) is 0 Å². The third-order valence-corrected chi connectivity index (χ3v) is 7.67. The van der Waals surface area contributed by atoms with Crippen LogP contribution in [0.15, 0.2) is 0 Å². The normalized spacial score (nSPS) is 11.4. The van der Waals surface area contributed by atoms with E-state index in [1.807, 2.05) is 0 Å². The molecule has 0 saturated carbocycles. The van der Waals surface area contributed by atoms with Crippen LogP contribution in [0.1, 0.15) is 90.9 Å². The van der Waals surface area contributed by atoms with Gasteiger partial charge in [0.2, 0.25) is 0 Å². The third kappa shape index (κ3) is 48.6. The van der Waals surface area contributed by atoms with Gasteiger partial charge >= 0.3 is 11.9 Å². The van der Waals surface area contributed by atoms with Crippen molar-refractivity contribution in [1.82, 2.24) is 0 Å². The highest BCUT2D eigenvalue weighted by atomic mass is 16.6. The monoisotopic (exact) mass is 799 g/mol. The molecule has 0 radical (unpaired) electrons. The zero-order valence-electron chi connectivity index (χ0n) is 34.6. The van der Waals surface area contributed by atoms with E-state index in [-0.39, 0.29) is 25.2 Å². The summed E-state index contributed by atoms with van der Waals surface area (Å²) in [6.07, 6.45) is 12.3. The molecule has 0 aliphatic carbocycles. The smallest absolute Gasteiger partial charge is 0.305 e. The fourth-order valence-corrected chi connectivity index (χ4v) is 4.62. The molecule has 0 rings (SSSR count). The Labute approximate surface area is 332 Å². The van der Waals surface area contributed by atoms with Crippen molar-refractivity contribution in [1.29, 1.82) is 0 Å². The van der Waals surface area contributed by atoms with Gasteiger partial charge in [0.05, 0.1) is 145 Å². The molecule has 0 N–H and O–H groups in total. The molecule has 55 heavy (non-hydrogen) atoms. The van der Waals surface area contributed by atoms with Gasteiger partial charge in [-0.25, -0.2) is 0 Å². The molecule has 0 aromatic carbocycles. The molecule has 0 atom stereocenters. The Morgan fingerprint density at radius 3 is 0.691 bits per heavy atom. The second-order valence-corrected chi connectivity index (χ2v) is 12.5. The molecule has 15 nitrogen and oxygen atoms in total. The third-order valence-electron chi connectivity index (χ3n) is 7.67. The van der Waals surface area contributed by atoms with Crippen molar-refractivity contribution in [2.75, 3.05) is 159 Å². The summed E-state index contributed by atoms with van der Waals surface area (Å²) in [5.74, 6) is -0.306. The van der Waals surface area contributed by atoms with Gasteiger partial charge in [0.25, 0.3) is 0 Å². The summed E-state index contributed by atoms with van der Waals surface area (Å²) < 4.78 is 70.4. The lowest BCUT2D eigenvalue weighted by Gasteiger charge is -2.09. The minimum Gasteiger partial charge on any atom is -0.463 e. The van der Waals surface area contributed by atoms with E-state index in [2.05, 4.69) is 13.8 Å². The number of hydrogen-bond donors (Lipinski definition) is 0. The highest BCUT2D eigenvalue weighted by Crippen LogP contribution is 2.08. The van der Waals surface area contributed by atoms with E-state index in [1.165, 1.54) is 32.1 Å². The molecule has 0 spiro atoms. The molecule has 0 heterocycles. The summed E-state index contributed by atoms with van der Waals surface area (Å²) in [5, 5.41) is 0. The van der Waals surface area contributed by atoms with Gasteiger partial charge in [0, 0.05) is 12.8 Å². The molecular weight excluding hydrogens is 720 g/mol. The van der Waals surface area contributed by atoms with E-state index < -0.39 is 0 Å². The van der Waals surface area contributed by atoms with Crippen molar-refractivity contribution in [3.05, 3.63) is 0 Å². The molecule has 0 fully saturated rings. The summed E-state index contributed by atoms with van der Waals surface area (Å²) in [6.45, 7) is 15.3. The van der Waals surface area contributed by atoms with Crippen molar-refractivity contribution >= 4 is 11.9 Å². The minimum absolute atomic E-state index is 0.144. The number of esters is 2. The number of unbranched alkanes of at least 4 members (excludes halogenated alkanes) is 8. The van der Waals surface area contributed by atoms with Crippen LogP contribution in [0.2, 0.25) is 0 Å². The Morgan fingerprint density at radius 1 is 0.255 bits per heavy atom. The molecular formula is C40H78O15. The summed E-state index contributed by atoms with van der Waals surface area (Å²) in [7, 11) is 0. The SMILES string of the molecule is CCCCCCCCCC(=O)OCCOCCOCCOCCOCCOCCOCCOCCOCCOCCOCCOCCOC(=O)CCCCC. The highest BCUT2D eigenvalue weighted by Gasteiger charge is 2.04. The van der Waals surface area contributed by atoms with E-state index in [9.17, 15) is 9.59 Å². The zero-order valence-corrected chi connectivity index (χ0v) is 34.6. The van der Waals surface area contributed by atoms with Gasteiger partial charge in [0.1, 0.15) is 13.2 Å². The van der Waals surface area contributed by atoms with Gasteiger partial charge in [-0.3, -0.25) is 9.59 Å². The van der Waals surface area contributed by atoms with Crippen LogP contribution in [-0.4, -0.2) is 171 Å². The predicted molar refractivity (Wildman–Crippen MR) is 208 cm³/mol. The minimum atomic E-state index is -0.162. The Morgan fingerprint density at radius 2 is 0.436 bits per heavy atom. The van der Waals surface area contributed by atoms with Crippen molar-refractivity contribution in [3.8, 4) is 0 Å². The first kappa shape index (κ1) is 53.5. The fraction of sp³-hybridized carbons (Fsp3) is 0.950. The van der Waals surface area contributed by atoms with Crippen LogP contribution in [0, 0.1) is 0 Å². The van der Waals surface area contributed by atoms with Gasteiger partial charge in [-0.15, -0.1) is 0 Å². The largest absolute Gasteiger partial charge is 0.463 e. The Kier molecular flexibility index (Phi) is 47.3. The molecule has 0 aliphatic rings. The number of hydrogen-bond acceptors (Lipinski definition) is 15. The fourth-order valence-electron chi connectivity index (χ4n) is 4.62. The van der Waals surface area contributed by atoms with E-state index >= 15 is 0 Å². The molecule has 0 saturated heterocycles. The van der Waals surface area contributed by atoms with E-state index in [0.717, 1.165) is 32.1 Å². The maximum Gasteiger partial charge on any atom is 0.305 e. The maximum atomic E-state index is 11.7. The molecule has 0 unspecified atom stereocenters. The predicted octanol–water partition coefficient (Wildman–Crippen LogP) is 4.98. The molecule has 0 aromatic rings. The maximum absolute atomic E-state index is 11.7. The van der Waals surface area contributed by atoms with Gasteiger partial charge in [-0.2, -0.15) is 0 Å². The number of rotatable bonds is 48. The number of ether oxygens (including phenoxy) is 13. The van der Waals surface area contributed by atoms with E-state index in [4.69, 9.17) is 61.6 Å². The molecule has 0 bridgehead atoms. The average Bonchev–Trinajstić information content (AvgIpc) is 3.18. The van der Waals surface area contributed by atoms with E-state index in [0.29, 0.717) is 158 Å². The number of carbonyl (C=O) groups is 2. The van der Waals surface area contributed by atoms with Crippen LogP contribution >= 0.6 is 0 Å².